The molecule has 4 atom stereocenters. The summed E-state index contributed by atoms with van der Waals surface area (Å²) in [7, 11) is 0. The molecule has 2 amide bonds. The van der Waals surface area contributed by atoms with Gasteiger partial charge in [0.25, 0.3) is 11.8 Å². The maximum absolute atomic E-state index is 12.9. The maximum Gasteiger partial charge on any atom is 0.335 e. The summed E-state index contributed by atoms with van der Waals surface area (Å²) in [5.41, 5.74) is 0.946. The lowest BCUT2D eigenvalue weighted by molar-refractivity contribution is -0.141. The number of nitrogens with zero attached hydrogens (tertiary/aromatic N) is 2. The van der Waals surface area contributed by atoms with Gasteiger partial charge < -0.3 is 9.52 Å². The number of hydrogen-bond donors (Lipinski definition) is 1. The van der Waals surface area contributed by atoms with Gasteiger partial charge in [-0.3, -0.25) is 9.59 Å². The van der Waals surface area contributed by atoms with Crippen LogP contribution in [-0.2, 0) is 9.59 Å². The van der Waals surface area contributed by atoms with E-state index in [2.05, 4.69) is 17.3 Å². The number of carboxylic acids is 1. The molecule has 6 rings (SSSR count). The number of carboxylic acid groups (broad SMARTS) is 1. The summed E-state index contributed by atoms with van der Waals surface area (Å²) < 4.78 is 5.72. The molecule has 1 saturated heterocycles. The van der Waals surface area contributed by atoms with Crippen molar-refractivity contribution in [2.24, 2.45) is 34.2 Å². The van der Waals surface area contributed by atoms with Crippen LogP contribution < -0.4 is 0 Å². The third-order valence-electron chi connectivity index (χ3n) is 7.15. The monoisotopic (exact) mass is 402 g/mol. The summed E-state index contributed by atoms with van der Waals surface area (Å²) in [5.74, 6) is -0.816. The van der Waals surface area contributed by atoms with Crippen molar-refractivity contribution in [1.82, 2.24) is 5.01 Å². The fourth-order valence-corrected chi connectivity index (χ4v) is 5.67. The Hall–Kier alpha value is -3.48. The van der Waals surface area contributed by atoms with E-state index >= 15 is 0 Å². The molecule has 150 valence electrons. The largest absolute Gasteiger partial charge is 0.478 e. The number of rotatable bonds is 4. The van der Waals surface area contributed by atoms with Gasteiger partial charge in [-0.15, -0.1) is 0 Å². The number of imide groups is 1. The molecule has 1 aromatic carbocycles. The molecule has 3 aliphatic carbocycles. The summed E-state index contributed by atoms with van der Waals surface area (Å²) in [4.78, 5) is 37.0. The average molecular weight is 402 g/mol. The van der Waals surface area contributed by atoms with Crippen LogP contribution in [-0.4, -0.2) is 34.1 Å². The van der Waals surface area contributed by atoms with Gasteiger partial charge in [-0.2, -0.15) is 10.1 Å². The SMILES string of the molecule is O=C(O)c1cccc(-c2ccc(/C=N\N3C(=O)[C@@H]4[C@@H](C3=O)[C@H]3C=C[C@H]4C34CC4)o2)c1. The van der Waals surface area contributed by atoms with Crippen molar-refractivity contribution in [1.29, 1.82) is 0 Å². The van der Waals surface area contributed by atoms with Crippen LogP contribution in [0, 0.1) is 29.1 Å². The van der Waals surface area contributed by atoms with Crippen molar-refractivity contribution in [3.63, 3.8) is 0 Å². The molecule has 4 aliphatic rings. The third-order valence-corrected chi connectivity index (χ3v) is 7.15. The van der Waals surface area contributed by atoms with E-state index in [0.717, 1.165) is 17.9 Å². The van der Waals surface area contributed by atoms with Gasteiger partial charge in [0.2, 0.25) is 0 Å². The van der Waals surface area contributed by atoms with E-state index < -0.39 is 5.97 Å². The zero-order valence-corrected chi connectivity index (χ0v) is 15.9. The lowest BCUT2D eigenvalue weighted by Gasteiger charge is -2.18. The van der Waals surface area contributed by atoms with Crippen molar-refractivity contribution in [3.05, 3.63) is 59.9 Å². The van der Waals surface area contributed by atoms with Gasteiger partial charge in [0, 0.05) is 5.56 Å². The summed E-state index contributed by atoms with van der Waals surface area (Å²) in [5, 5.41) is 14.3. The van der Waals surface area contributed by atoms with Crippen molar-refractivity contribution in [3.8, 4) is 11.3 Å². The highest BCUT2D eigenvalue weighted by molar-refractivity contribution is 6.07. The van der Waals surface area contributed by atoms with Crippen LogP contribution in [0.3, 0.4) is 0 Å². The summed E-state index contributed by atoms with van der Waals surface area (Å²) >= 11 is 0. The predicted octanol–water partition coefficient (Wildman–Crippen LogP) is 3.18. The second kappa shape index (κ2) is 5.78. The quantitative estimate of drug-likeness (QED) is 0.481. The van der Waals surface area contributed by atoms with E-state index in [0.29, 0.717) is 17.1 Å². The highest BCUT2D eigenvalue weighted by atomic mass is 16.4. The number of benzene rings is 1. The molecule has 2 heterocycles. The molecule has 7 nitrogen and oxygen atoms in total. The Morgan fingerprint density at radius 1 is 1.10 bits per heavy atom. The molecule has 1 aliphatic heterocycles. The summed E-state index contributed by atoms with van der Waals surface area (Å²) in [6.07, 6.45) is 7.82. The smallest absolute Gasteiger partial charge is 0.335 e. The summed E-state index contributed by atoms with van der Waals surface area (Å²) in [6.45, 7) is 0. The number of carbonyl (C=O) groups is 3. The fraction of sp³-hybridized carbons (Fsp3) is 0.304. The molecule has 0 unspecified atom stereocenters. The molecular weight excluding hydrogens is 384 g/mol. The van der Waals surface area contributed by atoms with E-state index in [9.17, 15) is 14.4 Å². The number of carbonyl (C=O) groups excluding carboxylic acids is 2. The van der Waals surface area contributed by atoms with E-state index in [1.165, 1.54) is 18.3 Å². The van der Waals surface area contributed by atoms with Crippen LogP contribution in [0.2, 0.25) is 0 Å². The normalized spacial score (nSPS) is 30.1. The van der Waals surface area contributed by atoms with Gasteiger partial charge in [-0.1, -0.05) is 24.3 Å². The Kier molecular flexibility index (Phi) is 3.35. The Balaban J connectivity index is 1.23. The maximum atomic E-state index is 12.9. The van der Waals surface area contributed by atoms with Crippen LogP contribution in [0.5, 0.6) is 0 Å². The van der Waals surface area contributed by atoms with Crippen LogP contribution in [0.15, 0.2) is 58.1 Å². The number of furan rings is 1. The van der Waals surface area contributed by atoms with E-state index in [4.69, 9.17) is 9.52 Å². The van der Waals surface area contributed by atoms with E-state index in [1.807, 2.05) is 0 Å². The first-order valence-electron chi connectivity index (χ1n) is 10.0. The lowest BCUT2D eigenvalue weighted by Crippen LogP contribution is -2.30. The second-order valence-corrected chi connectivity index (χ2v) is 8.54. The highest BCUT2D eigenvalue weighted by Crippen LogP contribution is 2.73. The minimum Gasteiger partial charge on any atom is -0.478 e. The first-order valence-corrected chi connectivity index (χ1v) is 10.0. The first-order chi connectivity index (χ1) is 14.5. The minimum absolute atomic E-state index is 0.163. The van der Waals surface area contributed by atoms with Crippen molar-refractivity contribution < 1.29 is 23.9 Å². The highest BCUT2D eigenvalue weighted by Gasteiger charge is 2.73. The molecule has 7 heteroatoms. The number of allylic oxidation sites excluding steroid dienone is 2. The lowest BCUT2D eigenvalue weighted by atomic mass is 9.85. The molecule has 3 fully saturated rings. The van der Waals surface area contributed by atoms with Crippen molar-refractivity contribution in [2.75, 3.05) is 0 Å². The van der Waals surface area contributed by atoms with E-state index in [1.54, 1.807) is 24.3 Å². The fourth-order valence-electron chi connectivity index (χ4n) is 5.67. The molecule has 2 saturated carbocycles. The molecule has 1 aromatic heterocycles. The van der Waals surface area contributed by atoms with Crippen molar-refractivity contribution in [2.45, 2.75) is 12.8 Å². The molecule has 0 radical (unpaired) electrons. The minimum atomic E-state index is -1.02. The van der Waals surface area contributed by atoms with Crippen LogP contribution in [0.4, 0.5) is 0 Å². The second-order valence-electron chi connectivity index (χ2n) is 8.54. The predicted molar refractivity (Wildman–Crippen MR) is 105 cm³/mol. The Labute approximate surface area is 171 Å². The molecule has 30 heavy (non-hydrogen) atoms. The molecule has 1 spiro atoms. The number of hydrogen-bond acceptors (Lipinski definition) is 5. The molecule has 1 N–H and O–H groups in total. The molecule has 2 aromatic rings. The van der Waals surface area contributed by atoms with Gasteiger partial charge in [-0.05, 0) is 54.4 Å². The Morgan fingerprint density at radius 2 is 1.80 bits per heavy atom. The zero-order valence-electron chi connectivity index (χ0n) is 15.9. The Morgan fingerprint density at radius 3 is 2.43 bits per heavy atom. The zero-order chi connectivity index (χ0) is 20.6. The van der Waals surface area contributed by atoms with Gasteiger partial charge >= 0.3 is 5.97 Å². The van der Waals surface area contributed by atoms with E-state index in [-0.39, 0.29) is 46.5 Å². The number of hydrazone groups is 1. The van der Waals surface area contributed by atoms with Gasteiger partial charge in [0.1, 0.15) is 11.5 Å². The van der Waals surface area contributed by atoms with Gasteiger partial charge in [0.15, 0.2) is 0 Å². The number of aromatic carboxylic acids is 1. The number of amides is 2. The standard InChI is InChI=1S/C23H18N2O5/c26-20-18-15-5-6-16(23(15)8-9-23)19(18)21(27)25(20)24-11-14-4-7-17(30-14)12-2-1-3-13(10-12)22(28)29/h1-7,10-11,15-16,18-19H,8-9H2,(H,28,29)/b24-11-/t15-,16-,18+,19+/m1/s1. The molecule has 2 bridgehead atoms. The van der Waals surface area contributed by atoms with Crippen molar-refractivity contribution >= 4 is 24.0 Å². The first kappa shape index (κ1) is 17.4. The van der Waals surface area contributed by atoms with Gasteiger partial charge in [0.05, 0.1) is 23.6 Å². The van der Waals surface area contributed by atoms with Gasteiger partial charge in [-0.25, -0.2) is 4.79 Å². The van der Waals surface area contributed by atoms with Crippen LogP contribution in [0.1, 0.15) is 29.0 Å². The topological polar surface area (TPSA) is 100 Å². The summed E-state index contributed by atoms with van der Waals surface area (Å²) in [6, 6.07) is 9.79. The molecular formula is C23H18N2O5. The van der Waals surface area contributed by atoms with Crippen LogP contribution in [0.25, 0.3) is 11.3 Å². The average Bonchev–Trinajstić information content (AvgIpc) is 3.03. The third kappa shape index (κ3) is 2.20. The Bertz CT molecular complexity index is 1140. The number of fused-ring (bicyclic) bond motifs is 3. The van der Waals surface area contributed by atoms with Crippen LogP contribution >= 0.6 is 0 Å².